The van der Waals surface area contributed by atoms with Gasteiger partial charge in [0.25, 0.3) is 11.8 Å². The molecule has 0 spiro atoms. The molecule has 6 rings (SSSR count). The Kier molecular flexibility index (Phi) is 6.60. The van der Waals surface area contributed by atoms with Crippen molar-refractivity contribution in [3.63, 3.8) is 0 Å². The van der Waals surface area contributed by atoms with Gasteiger partial charge in [-0.1, -0.05) is 45.9 Å². The maximum Gasteiger partial charge on any atom is 0.252 e. The number of hydrogen-bond acceptors (Lipinski definition) is 5. The largest absolute Gasteiger partial charge is 0.361 e. The Balaban J connectivity index is 1.28. The number of nitrogens with one attached hydrogen (secondary N) is 2. The van der Waals surface area contributed by atoms with Gasteiger partial charge >= 0.3 is 0 Å². The second-order valence-corrected chi connectivity index (χ2v) is 12.6. The highest BCUT2D eigenvalue weighted by molar-refractivity contribution is 6.09. The molecule has 2 saturated heterocycles. The summed E-state index contributed by atoms with van der Waals surface area (Å²) >= 11 is 0. The summed E-state index contributed by atoms with van der Waals surface area (Å²) < 4.78 is 0. The highest BCUT2D eigenvalue weighted by Crippen LogP contribution is 2.41. The van der Waals surface area contributed by atoms with E-state index in [1.54, 1.807) is 4.90 Å². The number of imide groups is 1. The second-order valence-electron chi connectivity index (χ2n) is 12.6. The third-order valence-corrected chi connectivity index (χ3v) is 9.29. The molecule has 0 bridgehead atoms. The average molecular weight is 546 g/mol. The molecule has 1 aliphatic carbocycles. The Morgan fingerprint density at radius 2 is 1.85 bits per heavy atom. The Bertz CT molecular complexity index is 1420. The number of carbonyl (C=O) groups excluding carboxylic acids is 4. The molecular formula is C31H39N5O4. The first-order valence-electron chi connectivity index (χ1n) is 14.6. The van der Waals surface area contributed by atoms with E-state index >= 15 is 0 Å². The first-order valence-corrected chi connectivity index (χ1v) is 14.6. The molecule has 212 valence electrons. The second kappa shape index (κ2) is 9.87. The molecular weight excluding hydrogens is 506 g/mol. The van der Waals surface area contributed by atoms with Gasteiger partial charge in [0.2, 0.25) is 11.8 Å². The Hall–Kier alpha value is -3.46. The fraction of sp³-hybridized carbons (Fsp3) is 0.548. The molecule has 2 N–H and O–H groups in total. The van der Waals surface area contributed by atoms with E-state index in [9.17, 15) is 19.2 Å². The van der Waals surface area contributed by atoms with Crippen molar-refractivity contribution < 1.29 is 19.2 Å². The predicted octanol–water partition coefficient (Wildman–Crippen LogP) is 2.56. The number of piperazine rings is 1. The topological polar surface area (TPSA) is 106 Å². The number of fused-ring (bicyclic) bond motifs is 3. The number of aromatic nitrogens is 1. The molecule has 1 aromatic heterocycles. The van der Waals surface area contributed by atoms with Gasteiger partial charge in [0.05, 0.1) is 5.92 Å². The number of carbonyl (C=O) groups is 4. The highest BCUT2D eigenvalue weighted by Gasteiger charge is 2.52. The summed E-state index contributed by atoms with van der Waals surface area (Å²) in [6.45, 7) is 8.52. The lowest BCUT2D eigenvalue weighted by atomic mass is 9.79. The summed E-state index contributed by atoms with van der Waals surface area (Å²) in [5.74, 6) is -2.16. The van der Waals surface area contributed by atoms with E-state index in [-0.39, 0.29) is 35.6 Å². The first kappa shape index (κ1) is 26.7. The van der Waals surface area contributed by atoms with E-state index in [2.05, 4.69) is 39.6 Å². The van der Waals surface area contributed by atoms with Gasteiger partial charge in [0.15, 0.2) is 0 Å². The van der Waals surface area contributed by atoms with Crippen molar-refractivity contribution >= 4 is 40.1 Å². The van der Waals surface area contributed by atoms with Gasteiger partial charge in [-0.2, -0.15) is 0 Å². The number of benzene rings is 1. The third kappa shape index (κ3) is 4.08. The normalized spacial score (nSPS) is 27.2. The molecule has 0 radical (unpaired) electrons. The van der Waals surface area contributed by atoms with Gasteiger partial charge in [0, 0.05) is 36.2 Å². The maximum absolute atomic E-state index is 14.0. The molecule has 2 aromatic rings. The van der Waals surface area contributed by atoms with E-state index in [1.807, 2.05) is 40.8 Å². The van der Waals surface area contributed by atoms with Gasteiger partial charge in [-0.25, -0.2) is 0 Å². The zero-order valence-corrected chi connectivity index (χ0v) is 23.9. The van der Waals surface area contributed by atoms with Crippen molar-refractivity contribution in [2.45, 2.75) is 71.1 Å². The minimum atomic E-state index is -0.911. The molecule has 4 aliphatic rings. The van der Waals surface area contributed by atoms with Crippen molar-refractivity contribution in [2.75, 3.05) is 20.1 Å². The number of likely N-dealkylation sites (N-methyl/N-ethyl adjacent to an activating group) is 1. The molecule has 0 saturated carbocycles. The van der Waals surface area contributed by atoms with Crippen molar-refractivity contribution in [1.82, 2.24) is 25.0 Å². The van der Waals surface area contributed by atoms with E-state index in [0.29, 0.717) is 19.5 Å². The minimum Gasteiger partial charge on any atom is -0.361 e. The van der Waals surface area contributed by atoms with Crippen molar-refractivity contribution in [1.29, 1.82) is 0 Å². The Labute approximate surface area is 234 Å². The van der Waals surface area contributed by atoms with Gasteiger partial charge in [0.1, 0.15) is 18.1 Å². The number of H-pyrrole nitrogens is 1. The number of amides is 4. The Morgan fingerprint density at radius 1 is 1.07 bits per heavy atom. The van der Waals surface area contributed by atoms with Crippen LogP contribution in [0.1, 0.15) is 51.7 Å². The highest BCUT2D eigenvalue weighted by atomic mass is 16.2. The van der Waals surface area contributed by atoms with Gasteiger partial charge in [-0.05, 0) is 60.9 Å². The SMILES string of the molecule is CC(C)[C@H](NC(=O)[C@@H]1C=C2c3cccc4[nH]cc(c34)C[C@H]2N(C)C1)C(=O)N1C(=O)[C@H]2CCCN2C(=O)[C@@H]1C(C)C. The molecule has 0 unspecified atom stereocenters. The summed E-state index contributed by atoms with van der Waals surface area (Å²) in [6, 6.07) is 4.05. The molecule has 4 amide bonds. The molecule has 9 nitrogen and oxygen atoms in total. The van der Waals surface area contributed by atoms with Crippen LogP contribution in [-0.2, 0) is 25.6 Å². The lowest BCUT2D eigenvalue weighted by Crippen LogP contribution is -2.68. The predicted molar refractivity (Wildman–Crippen MR) is 152 cm³/mol. The van der Waals surface area contributed by atoms with Crippen LogP contribution in [0.2, 0.25) is 0 Å². The van der Waals surface area contributed by atoms with Crippen molar-refractivity contribution in [2.24, 2.45) is 17.8 Å². The smallest absolute Gasteiger partial charge is 0.252 e. The van der Waals surface area contributed by atoms with E-state index < -0.39 is 30.0 Å². The summed E-state index contributed by atoms with van der Waals surface area (Å²) in [6.07, 6.45) is 6.34. The van der Waals surface area contributed by atoms with E-state index in [4.69, 9.17) is 0 Å². The van der Waals surface area contributed by atoms with Gasteiger partial charge < -0.3 is 15.2 Å². The van der Waals surface area contributed by atoms with Crippen LogP contribution in [0.3, 0.4) is 0 Å². The van der Waals surface area contributed by atoms with Crippen LogP contribution in [-0.4, -0.2) is 87.6 Å². The first-order chi connectivity index (χ1) is 19.1. The average Bonchev–Trinajstić information content (AvgIpc) is 3.58. The van der Waals surface area contributed by atoms with Crippen LogP contribution >= 0.6 is 0 Å². The molecule has 5 atom stereocenters. The number of nitrogens with zero attached hydrogens (tertiary/aromatic N) is 3. The van der Waals surface area contributed by atoms with Crippen LogP contribution < -0.4 is 5.32 Å². The van der Waals surface area contributed by atoms with Gasteiger partial charge in [-0.15, -0.1) is 0 Å². The van der Waals surface area contributed by atoms with Crippen LogP contribution in [0.5, 0.6) is 0 Å². The summed E-state index contributed by atoms with van der Waals surface area (Å²) in [5, 5.41) is 4.22. The lowest BCUT2D eigenvalue weighted by molar-refractivity contribution is -0.169. The van der Waals surface area contributed by atoms with Gasteiger partial charge in [-0.3, -0.25) is 29.0 Å². The van der Waals surface area contributed by atoms with Crippen molar-refractivity contribution in [3.05, 3.63) is 41.6 Å². The minimum absolute atomic E-state index is 0.167. The number of rotatable bonds is 5. The van der Waals surface area contributed by atoms with E-state index in [1.165, 1.54) is 15.8 Å². The zero-order chi connectivity index (χ0) is 28.5. The van der Waals surface area contributed by atoms with Crippen molar-refractivity contribution in [3.8, 4) is 0 Å². The third-order valence-electron chi connectivity index (χ3n) is 9.29. The van der Waals surface area contributed by atoms with Crippen LogP contribution in [0.15, 0.2) is 30.5 Å². The molecule has 2 fully saturated rings. The molecule has 4 heterocycles. The van der Waals surface area contributed by atoms with Crippen LogP contribution in [0, 0.1) is 17.8 Å². The maximum atomic E-state index is 14.0. The van der Waals surface area contributed by atoms with Crippen LogP contribution in [0.25, 0.3) is 16.5 Å². The fourth-order valence-corrected chi connectivity index (χ4v) is 7.23. The fourth-order valence-electron chi connectivity index (χ4n) is 7.23. The monoisotopic (exact) mass is 545 g/mol. The van der Waals surface area contributed by atoms with E-state index in [0.717, 1.165) is 29.5 Å². The quantitative estimate of drug-likeness (QED) is 0.601. The number of hydrogen-bond donors (Lipinski definition) is 2. The molecule has 40 heavy (non-hydrogen) atoms. The van der Waals surface area contributed by atoms with Crippen LogP contribution in [0.4, 0.5) is 0 Å². The zero-order valence-electron chi connectivity index (χ0n) is 23.9. The molecule has 9 heteroatoms. The summed E-state index contributed by atoms with van der Waals surface area (Å²) in [4.78, 5) is 63.2. The number of aromatic amines is 1. The summed E-state index contributed by atoms with van der Waals surface area (Å²) in [5.41, 5.74) is 4.66. The standard InChI is InChI=1S/C31H39N5O4/c1-16(2)26(30(39)36-27(17(3)4)31(40)35-11-7-10-23(35)29(36)38)33-28(37)19-12-21-20-8-6-9-22-25(20)18(14-32-22)13-24(21)34(5)15-19/h6,8-9,12,14,16-17,19,23-24,26-27,32H,7,10-11,13,15H2,1-5H3,(H,33,37)/t19-,23-,24-,26+,27+/m1/s1. The summed E-state index contributed by atoms with van der Waals surface area (Å²) in [7, 11) is 2.04. The molecule has 1 aromatic carbocycles. The Morgan fingerprint density at radius 3 is 2.58 bits per heavy atom. The molecule has 3 aliphatic heterocycles. The lowest BCUT2D eigenvalue weighted by Gasteiger charge is -2.44.